The zero-order valence-corrected chi connectivity index (χ0v) is 32.0. The van der Waals surface area contributed by atoms with Gasteiger partial charge in [0.1, 0.15) is 16.5 Å². The lowest BCUT2D eigenvalue weighted by molar-refractivity contribution is -0.155. The van der Waals surface area contributed by atoms with E-state index < -0.39 is 91.5 Å². The number of rotatable bonds is 11. The largest absolute Gasteiger partial charge is 0.614 e. The van der Waals surface area contributed by atoms with Crippen molar-refractivity contribution in [2.75, 3.05) is 5.75 Å². The zero-order chi connectivity index (χ0) is 39.5. The van der Waals surface area contributed by atoms with Gasteiger partial charge in [0, 0.05) is 0 Å². The van der Waals surface area contributed by atoms with Crippen LogP contribution in [0.25, 0.3) is 0 Å². The summed E-state index contributed by atoms with van der Waals surface area (Å²) in [7, 11) is -4.59. The number of amides is 3. The molecule has 0 aromatic heterocycles. The number of nitrogens with one attached hydrogen (secondary N) is 2. The van der Waals surface area contributed by atoms with E-state index in [2.05, 4.69) is 10.6 Å². The van der Waals surface area contributed by atoms with Gasteiger partial charge in [0.25, 0.3) is 5.91 Å². The van der Waals surface area contributed by atoms with Gasteiger partial charge in [-0.05, 0) is 67.7 Å². The van der Waals surface area contributed by atoms with E-state index in [4.69, 9.17) is 13.7 Å². The first-order valence-electron chi connectivity index (χ1n) is 17.2. The van der Waals surface area contributed by atoms with Crippen molar-refractivity contribution in [2.45, 2.75) is 61.8 Å². The molecule has 6 rings (SSSR count). The Labute approximate surface area is 322 Å². The number of esters is 1. The molecule has 2 unspecified atom stereocenters. The maximum Gasteiger partial charge on any atom is 0.408 e. The topological polar surface area (TPSA) is 180 Å². The molecular formula is C40H39N3O10S2. The molecule has 13 nitrogen and oxygen atoms in total. The minimum Gasteiger partial charge on any atom is -0.614 e. The molecule has 286 valence electrons. The summed E-state index contributed by atoms with van der Waals surface area (Å²) in [5.74, 6) is -4.01. The summed E-state index contributed by atoms with van der Waals surface area (Å²) in [6.07, 6.45) is -1.89. The number of fused-ring (bicyclic) bond motifs is 1. The molecule has 2 N–H and O–H groups in total. The molecule has 55 heavy (non-hydrogen) atoms. The molecule has 1 saturated heterocycles. The van der Waals surface area contributed by atoms with Crippen LogP contribution in [-0.2, 0) is 49.3 Å². The minimum absolute atomic E-state index is 0.234. The van der Waals surface area contributed by atoms with Crippen molar-refractivity contribution in [3.8, 4) is 0 Å². The average molecular weight is 786 g/mol. The van der Waals surface area contributed by atoms with Crippen LogP contribution in [0.15, 0.2) is 132 Å². The minimum atomic E-state index is -4.59. The van der Waals surface area contributed by atoms with Crippen LogP contribution in [0.1, 0.15) is 55.2 Å². The second kappa shape index (κ2) is 16.0. The predicted octanol–water partition coefficient (Wildman–Crippen LogP) is 4.93. The summed E-state index contributed by atoms with van der Waals surface area (Å²) in [4.78, 5) is 55.6. The van der Waals surface area contributed by atoms with E-state index in [9.17, 15) is 32.1 Å². The molecule has 15 heteroatoms. The van der Waals surface area contributed by atoms with Gasteiger partial charge in [-0.2, -0.15) is 8.42 Å². The highest BCUT2D eigenvalue weighted by Crippen LogP contribution is 2.40. The first-order chi connectivity index (χ1) is 26.1. The summed E-state index contributed by atoms with van der Waals surface area (Å²) in [6.45, 7) is 6.75. The number of ether oxygens (including phenoxy) is 2. The molecule has 2 heterocycles. The van der Waals surface area contributed by atoms with E-state index in [1.54, 1.807) is 131 Å². The molecule has 0 spiro atoms. The fourth-order valence-corrected chi connectivity index (χ4v) is 8.64. The zero-order valence-electron chi connectivity index (χ0n) is 30.3. The molecule has 4 aromatic rings. The van der Waals surface area contributed by atoms with Gasteiger partial charge in [0.2, 0.25) is 17.0 Å². The van der Waals surface area contributed by atoms with Crippen molar-refractivity contribution in [1.82, 2.24) is 15.5 Å². The third-order valence-electron chi connectivity index (χ3n) is 8.59. The van der Waals surface area contributed by atoms with E-state index in [-0.39, 0.29) is 4.90 Å². The van der Waals surface area contributed by atoms with Gasteiger partial charge >= 0.3 is 22.2 Å². The first-order valence-corrected chi connectivity index (χ1v) is 20.0. The molecule has 0 radical (unpaired) electrons. The quantitative estimate of drug-likeness (QED) is 0.0917. The van der Waals surface area contributed by atoms with Crippen LogP contribution in [0.2, 0.25) is 0 Å². The molecule has 1 fully saturated rings. The summed E-state index contributed by atoms with van der Waals surface area (Å²) < 4.78 is 57.9. The molecule has 3 amide bonds. The van der Waals surface area contributed by atoms with Crippen LogP contribution in [0.4, 0.5) is 4.79 Å². The lowest BCUT2D eigenvalue weighted by atomic mass is 10.0. The molecule has 2 aliphatic heterocycles. The molecule has 0 bridgehead atoms. The molecule has 0 saturated carbocycles. The second-order valence-corrected chi connectivity index (χ2v) is 16.9. The highest BCUT2D eigenvalue weighted by atomic mass is 32.2. The van der Waals surface area contributed by atoms with Crippen molar-refractivity contribution < 1.29 is 45.8 Å². The molecular weight excluding hydrogens is 747 g/mol. The number of aryl methyl sites for hydroxylation is 1. The first kappa shape index (κ1) is 39.1. The number of carbonyl (C=O) groups is 4. The number of hydrogen-bond donors (Lipinski definition) is 2. The number of nitrogens with zero attached hydrogens (tertiary/aromatic N) is 1. The molecule has 2 aliphatic rings. The van der Waals surface area contributed by atoms with Gasteiger partial charge in [0.05, 0.1) is 0 Å². The Morgan fingerprint density at radius 1 is 0.836 bits per heavy atom. The third-order valence-corrected chi connectivity index (χ3v) is 11.4. The summed E-state index contributed by atoms with van der Waals surface area (Å²) in [6, 6.07) is 28.8. The van der Waals surface area contributed by atoms with Crippen molar-refractivity contribution >= 4 is 45.2 Å². The third kappa shape index (κ3) is 8.85. The SMILES string of the molecule is Cc1ccc(S(=O)(=O)OC2=C(C(=O)OC(c3ccccc3)c3ccccc3)N3C(=O)[C@@H](NC(=O)C(NC(=O)OC(C)(C)C)c4ccccc4)[C@@H]3[S+]([O-])C2)cc1. The predicted molar refractivity (Wildman–Crippen MR) is 201 cm³/mol. The number of alkyl carbamates (subject to hydrolysis) is 1. The highest BCUT2D eigenvalue weighted by Gasteiger charge is 2.62. The van der Waals surface area contributed by atoms with E-state index in [1.165, 1.54) is 12.1 Å². The van der Waals surface area contributed by atoms with E-state index >= 15 is 0 Å². The summed E-state index contributed by atoms with van der Waals surface area (Å²) in [5, 5.41) is 3.79. The van der Waals surface area contributed by atoms with Crippen molar-refractivity contribution in [1.29, 1.82) is 0 Å². The van der Waals surface area contributed by atoms with E-state index in [0.29, 0.717) is 16.7 Å². The van der Waals surface area contributed by atoms with Crippen LogP contribution in [-0.4, -0.2) is 64.5 Å². The molecule has 4 atom stereocenters. The monoisotopic (exact) mass is 785 g/mol. The maximum atomic E-state index is 14.3. The van der Waals surface area contributed by atoms with Crippen LogP contribution in [0, 0.1) is 6.92 Å². The summed E-state index contributed by atoms with van der Waals surface area (Å²) >= 11 is -2.10. The Hall–Kier alpha value is -5.64. The van der Waals surface area contributed by atoms with E-state index in [0.717, 1.165) is 10.5 Å². The second-order valence-electron chi connectivity index (χ2n) is 13.8. The van der Waals surface area contributed by atoms with Gasteiger partial charge in [-0.15, -0.1) is 0 Å². The van der Waals surface area contributed by atoms with Crippen LogP contribution >= 0.6 is 0 Å². The Morgan fingerprint density at radius 3 is 1.89 bits per heavy atom. The van der Waals surface area contributed by atoms with E-state index in [1.807, 2.05) is 0 Å². The normalized spacial score (nSPS) is 18.8. The standard InChI is InChI=1S/C40H39N3O10S2/c1-25-20-22-29(23-21-25)55(49,50)53-30-24-54(48)37-32(41-35(44)31(26-14-8-5-9-15-26)42-39(47)52-40(2,3)4)36(45)43(37)33(30)38(46)51-34(27-16-10-6-11-17-27)28-18-12-7-13-19-28/h5-23,31-32,34,37H,24H2,1-4H3,(H,41,44)(H,42,47)/t31?,32-,37+,54?/m1/s1. The smallest absolute Gasteiger partial charge is 0.408 e. The maximum absolute atomic E-state index is 14.3. The van der Waals surface area contributed by atoms with Gasteiger partial charge in [-0.3, -0.25) is 14.5 Å². The number of carbonyl (C=O) groups excluding carboxylic acids is 4. The number of benzene rings is 4. The lowest BCUT2D eigenvalue weighted by Crippen LogP contribution is -2.75. The van der Waals surface area contributed by atoms with Crippen molar-refractivity contribution in [3.05, 3.63) is 149 Å². The Morgan fingerprint density at radius 2 is 1.36 bits per heavy atom. The molecule has 4 aromatic carbocycles. The fraction of sp³-hybridized carbons (Fsp3) is 0.250. The van der Waals surface area contributed by atoms with Gasteiger partial charge in [-0.25, -0.2) is 9.59 Å². The highest BCUT2D eigenvalue weighted by molar-refractivity contribution is 7.92. The van der Waals surface area contributed by atoms with Crippen molar-refractivity contribution in [2.24, 2.45) is 0 Å². The Bertz CT molecular complexity index is 2150. The van der Waals surface area contributed by atoms with Crippen LogP contribution < -0.4 is 10.6 Å². The van der Waals surface area contributed by atoms with Crippen LogP contribution in [0.3, 0.4) is 0 Å². The average Bonchev–Trinajstić information content (AvgIpc) is 3.15. The lowest BCUT2D eigenvalue weighted by Gasteiger charge is -2.48. The van der Waals surface area contributed by atoms with Crippen molar-refractivity contribution in [3.63, 3.8) is 0 Å². The number of β-lactam (4-membered cyclic amide) rings is 1. The molecule has 0 aliphatic carbocycles. The van der Waals surface area contributed by atoms with Gasteiger partial charge in [0.15, 0.2) is 23.6 Å². The van der Waals surface area contributed by atoms with Gasteiger partial charge in [-0.1, -0.05) is 109 Å². The Balaban J connectivity index is 1.34. The fourth-order valence-electron chi connectivity index (χ4n) is 6.04. The number of hydrogen-bond acceptors (Lipinski definition) is 10. The van der Waals surface area contributed by atoms with Crippen LogP contribution in [0.5, 0.6) is 0 Å². The van der Waals surface area contributed by atoms with Gasteiger partial charge < -0.3 is 28.8 Å². The Kier molecular flexibility index (Phi) is 11.4. The summed E-state index contributed by atoms with van der Waals surface area (Å²) in [5.41, 5.74) is 0.866.